The van der Waals surface area contributed by atoms with Gasteiger partial charge in [-0.3, -0.25) is 14.9 Å². The van der Waals surface area contributed by atoms with E-state index in [2.05, 4.69) is 9.62 Å². The molecule has 1 aliphatic rings. The number of nitrogens with one attached hydrogen (secondary N) is 1. The Morgan fingerprint density at radius 2 is 1.71 bits per heavy atom. The van der Waals surface area contributed by atoms with Gasteiger partial charge in [0.1, 0.15) is 5.76 Å². The molecule has 1 saturated heterocycles. The van der Waals surface area contributed by atoms with E-state index in [0.29, 0.717) is 37.5 Å². The Balaban J connectivity index is 1.29. The van der Waals surface area contributed by atoms with Crippen molar-refractivity contribution < 1.29 is 22.6 Å². The van der Waals surface area contributed by atoms with Crippen LogP contribution >= 0.6 is 0 Å². The van der Waals surface area contributed by atoms with Crippen molar-refractivity contribution in [3.8, 4) is 0 Å². The molecule has 4 rings (SSSR count). The van der Waals surface area contributed by atoms with Crippen molar-refractivity contribution in [2.24, 2.45) is 0 Å². The number of furan rings is 1. The van der Waals surface area contributed by atoms with Crippen LogP contribution in [0.5, 0.6) is 0 Å². The van der Waals surface area contributed by atoms with Crippen LogP contribution in [0.25, 0.3) is 6.08 Å². The van der Waals surface area contributed by atoms with Gasteiger partial charge in [-0.25, -0.2) is 13.1 Å². The second-order valence-corrected chi connectivity index (χ2v) is 9.66. The molecule has 0 aliphatic carbocycles. The third-order valence-corrected chi connectivity index (χ3v) is 7.06. The molecule has 0 unspecified atom stereocenters. The smallest absolute Gasteiger partial charge is 0.269 e. The van der Waals surface area contributed by atoms with Crippen molar-refractivity contribution in [2.75, 3.05) is 31.1 Å². The van der Waals surface area contributed by atoms with Crippen molar-refractivity contribution in [1.29, 1.82) is 0 Å². The summed E-state index contributed by atoms with van der Waals surface area (Å²) in [6, 6.07) is 16.0. The number of anilines is 1. The predicted octanol–water partition coefficient (Wildman–Crippen LogP) is 3.03. The number of amides is 1. The van der Waals surface area contributed by atoms with E-state index in [4.69, 9.17) is 4.42 Å². The lowest BCUT2D eigenvalue weighted by molar-refractivity contribution is -0.384. The van der Waals surface area contributed by atoms with Crippen molar-refractivity contribution >= 4 is 33.4 Å². The average Bonchev–Trinajstić information content (AvgIpc) is 3.40. The third kappa shape index (κ3) is 6.14. The molecule has 1 amide bonds. The summed E-state index contributed by atoms with van der Waals surface area (Å²) in [5, 5.41) is 10.8. The van der Waals surface area contributed by atoms with Gasteiger partial charge >= 0.3 is 0 Å². The number of nitro groups is 1. The predicted molar refractivity (Wildman–Crippen MR) is 130 cm³/mol. The Morgan fingerprint density at radius 3 is 2.31 bits per heavy atom. The fourth-order valence-electron chi connectivity index (χ4n) is 3.66. The standard InChI is InChI=1S/C24H24N4O6S/c29-24(27-15-13-26(14-16-27)20-6-8-21(9-7-20)28(30)31)12-5-19-3-10-23(11-4-19)35(32,33)25-18-22-2-1-17-34-22/h1-12,17,25H,13-16,18H2/b12-5+. The fraction of sp³-hybridized carbons (Fsp3) is 0.208. The van der Waals surface area contributed by atoms with E-state index in [0.717, 1.165) is 5.69 Å². The Kier molecular flexibility index (Phi) is 7.28. The van der Waals surface area contributed by atoms with E-state index >= 15 is 0 Å². The van der Waals surface area contributed by atoms with E-state index in [1.54, 1.807) is 47.4 Å². The van der Waals surface area contributed by atoms with Gasteiger partial charge in [0.25, 0.3) is 5.69 Å². The van der Waals surface area contributed by atoms with Crippen LogP contribution in [-0.2, 0) is 21.4 Å². The van der Waals surface area contributed by atoms with Gasteiger partial charge < -0.3 is 14.2 Å². The summed E-state index contributed by atoms with van der Waals surface area (Å²) in [5.41, 5.74) is 1.63. The van der Waals surface area contributed by atoms with Crippen LogP contribution in [0.4, 0.5) is 11.4 Å². The van der Waals surface area contributed by atoms with Crippen LogP contribution in [0, 0.1) is 10.1 Å². The summed E-state index contributed by atoms with van der Waals surface area (Å²) in [6.07, 6.45) is 4.60. The van der Waals surface area contributed by atoms with Crippen LogP contribution in [0.2, 0.25) is 0 Å². The number of hydrogen-bond donors (Lipinski definition) is 1. The summed E-state index contributed by atoms with van der Waals surface area (Å²) in [5.74, 6) is 0.380. The minimum Gasteiger partial charge on any atom is -0.468 e. The first-order chi connectivity index (χ1) is 16.8. The number of carbonyl (C=O) groups excluding carboxylic acids is 1. The molecular weight excluding hydrogens is 472 g/mol. The van der Waals surface area contributed by atoms with Gasteiger partial charge in [0.15, 0.2) is 0 Å². The lowest BCUT2D eigenvalue weighted by atomic mass is 10.2. The Bertz CT molecular complexity index is 1300. The summed E-state index contributed by atoms with van der Waals surface area (Å²) >= 11 is 0. The number of nitro benzene ring substituents is 1. The van der Waals surface area contributed by atoms with Crippen LogP contribution in [0.15, 0.2) is 82.3 Å². The topological polar surface area (TPSA) is 126 Å². The number of hydrogen-bond acceptors (Lipinski definition) is 7. The van der Waals surface area contributed by atoms with E-state index in [9.17, 15) is 23.3 Å². The molecule has 11 heteroatoms. The highest BCUT2D eigenvalue weighted by Gasteiger charge is 2.20. The molecule has 1 aromatic heterocycles. The van der Waals surface area contributed by atoms with Crippen molar-refractivity contribution in [3.05, 3.63) is 94.4 Å². The number of benzene rings is 2. The summed E-state index contributed by atoms with van der Waals surface area (Å²) < 4.78 is 32.5. The molecule has 2 heterocycles. The maximum Gasteiger partial charge on any atom is 0.269 e. The zero-order chi connectivity index (χ0) is 24.8. The number of rotatable bonds is 8. The number of nitrogens with zero attached hydrogens (tertiary/aromatic N) is 3. The Labute approximate surface area is 202 Å². The summed E-state index contributed by atoms with van der Waals surface area (Å²) in [6.45, 7) is 2.35. The molecule has 0 atom stereocenters. The van der Waals surface area contributed by atoms with Gasteiger partial charge in [-0.1, -0.05) is 12.1 Å². The molecule has 35 heavy (non-hydrogen) atoms. The van der Waals surface area contributed by atoms with E-state index in [-0.39, 0.29) is 23.0 Å². The molecular formula is C24H24N4O6S. The SMILES string of the molecule is O=C(/C=C/c1ccc(S(=O)(=O)NCc2ccco2)cc1)N1CCN(c2ccc([N+](=O)[O-])cc2)CC1. The number of piperazine rings is 1. The van der Waals surface area contributed by atoms with Gasteiger partial charge in [0.2, 0.25) is 15.9 Å². The first-order valence-electron chi connectivity index (χ1n) is 10.9. The summed E-state index contributed by atoms with van der Waals surface area (Å²) in [7, 11) is -3.68. The molecule has 182 valence electrons. The molecule has 10 nitrogen and oxygen atoms in total. The number of sulfonamides is 1. The highest BCUT2D eigenvalue weighted by Crippen LogP contribution is 2.21. The zero-order valence-corrected chi connectivity index (χ0v) is 19.6. The molecule has 1 N–H and O–H groups in total. The zero-order valence-electron chi connectivity index (χ0n) is 18.7. The average molecular weight is 497 g/mol. The second kappa shape index (κ2) is 10.5. The van der Waals surface area contributed by atoms with Crippen LogP contribution < -0.4 is 9.62 Å². The third-order valence-electron chi connectivity index (χ3n) is 5.64. The Hall–Kier alpha value is -3.96. The first kappa shape index (κ1) is 24.2. The fourth-order valence-corrected chi connectivity index (χ4v) is 4.66. The second-order valence-electron chi connectivity index (χ2n) is 7.89. The van der Waals surface area contributed by atoms with Crippen molar-refractivity contribution in [1.82, 2.24) is 9.62 Å². The van der Waals surface area contributed by atoms with Crippen molar-refractivity contribution in [3.63, 3.8) is 0 Å². The molecule has 2 aromatic carbocycles. The molecule has 3 aromatic rings. The van der Waals surface area contributed by atoms with Gasteiger partial charge in [-0.2, -0.15) is 0 Å². The molecule has 0 saturated carbocycles. The quantitative estimate of drug-likeness (QED) is 0.289. The number of carbonyl (C=O) groups is 1. The normalized spacial score (nSPS) is 14.4. The molecule has 0 spiro atoms. The molecule has 0 bridgehead atoms. The van der Waals surface area contributed by atoms with Crippen LogP contribution in [0.3, 0.4) is 0 Å². The number of non-ortho nitro benzene ring substituents is 1. The van der Waals surface area contributed by atoms with Crippen molar-refractivity contribution in [2.45, 2.75) is 11.4 Å². The van der Waals surface area contributed by atoms with Gasteiger partial charge in [0, 0.05) is 50.1 Å². The molecule has 1 fully saturated rings. The minimum absolute atomic E-state index is 0.0449. The van der Waals surface area contributed by atoms with Gasteiger partial charge in [-0.05, 0) is 48.0 Å². The van der Waals surface area contributed by atoms with Crippen LogP contribution in [-0.4, -0.2) is 50.3 Å². The Morgan fingerprint density at radius 1 is 1.03 bits per heavy atom. The van der Waals surface area contributed by atoms with E-state index in [1.165, 1.54) is 36.6 Å². The maximum absolute atomic E-state index is 12.6. The maximum atomic E-state index is 12.6. The lowest BCUT2D eigenvalue weighted by Gasteiger charge is -2.35. The molecule has 0 radical (unpaired) electrons. The van der Waals surface area contributed by atoms with Gasteiger partial charge in [-0.15, -0.1) is 0 Å². The highest BCUT2D eigenvalue weighted by molar-refractivity contribution is 7.89. The highest BCUT2D eigenvalue weighted by atomic mass is 32.2. The van der Waals surface area contributed by atoms with Crippen LogP contribution in [0.1, 0.15) is 11.3 Å². The minimum atomic E-state index is -3.68. The van der Waals surface area contributed by atoms with Gasteiger partial charge in [0.05, 0.1) is 22.6 Å². The molecule has 1 aliphatic heterocycles. The largest absolute Gasteiger partial charge is 0.468 e. The lowest BCUT2D eigenvalue weighted by Crippen LogP contribution is -2.48. The summed E-state index contributed by atoms with van der Waals surface area (Å²) in [4.78, 5) is 26.9. The van der Waals surface area contributed by atoms with E-state index in [1.807, 2.05) is 0 Å². The first-order valence-corrected chi connectivity index (χ1v) is 12.4. The monoisotopic (exact) mass is 496 g/mol. The van der Waals surface area contributed by atoms with E-state index < -0.39 is 14.9 Å².